The van der Waals surface area contributed by atoms with Gasteiger partial charge in [-0.25, -0.2) is 0 Å². The zero-order chi connectivity index (χ0) is 11.5. The number of likely N-dealkylation sites (tertiary alicyclic amines) is 1. The average molecular weight is 248 g/mol. The second-order valence-electron chi connectivity index (χ2n) is 4.91. The van der Waals surface area contributed by atoms with Crippen molar-refractivity contribution in [3.05, 3.63) is 24.3 Å². The standard InChI is InChI=1S/C14H20N2S/c1-4-8-15(9-5-1)10-11-16-12-17-14-7-3-2-6-13(14)16/h2-3,6-7H,1,4-5,8-12H2. The molecule has 1 aromatic rings. The molecular weight excluding hydrogens is 228 g/mol. The van der Waals surface area contributed by atoms with Gasteiger partial charge in [0.1, 0.15) is 0 Å². The Hall–Kier alpha value is -0.670. The molecule has 0 atom stereocenters. The molecule has 2 aliphatic rings. The molecule has 2 aliphatic heterocycles. The van der Waals surface area contributed by atoms with Crippen molar-refractivity contribution in [1.82, 2.24) is 4.90 Å². The van der Waals surface area contributed by atoms with Crippen LogP contribution in [0.3, 0.4) is 0 Å². The van der Waals surface area contributed by atoms with E-state index in [0.29, 0.717) is 0 Å². The van der Waals surface area contributed by atoms with E-state index in [9.17, 15) is 0 Å². The molecule has 2 heterocycles. The largest absolute Gasteiger partial charge is 0.360 e. The molecule has 0 amide bonds. The molecule has 0 saturated carbocycles. The zero-order valence-corrected chi connectivity index (χ0v) is 11.1. The van der Waals surface area contributed by atoms with Crippen LogP contribution in [0.5, 0.6) is 0 Å². The summed E-state index contributed by atoms with van der Waals surface area (Å²) >= 11 is 1.97. The number of anilines is 1. The van der Waals surface area contributed by atoms with Gasteiger partial charge < -0.3 is 9.80 Å². The Morgan fingerprint density at radius 1 is 1.00 bits per heavy atom. The van der Waals surface area contributed by atoms with Gasteiger partial charge in [-0.3, -0.25) is 0 Å². The molecule has 17 heavy (non-hydrogen) atoms. The number of para-hydroxylation sites is 1. The lowest BCUT2D eigenvalue weighted by Gasteiger charge is -2.29. The number of hydrogen-bond acceptors (Lipinski definition) is 3. The molecule has 3 heteroatoms. The summed E-state index contributed by atoms with van der Waals surface area (Å²) in [5.74, 6) is 1.13. The third-order valence-corrected chi connectivity index (χ3v) is 4.81. The number of fused-ring (bicyclic) bond motifs is 1. The minimum atomic E-state index is 1.13. The van der Waals surface area contributed by atoms with Crippen molar-refractivity contribution in [3.8, 4) is 0 Å². The Bertz CT molecular complexity index is 374. The van der Waals surface area contributed by atoms with E-state index in [-0.39, 0.29) is 0 Å². The number of thioether (sulfide) groups is 1. The summed E-state index contributed by atoms with van der Waals surface area (Å²) in [5, 5.41) is 0. The van der Waals surface area contributed by atoms with Gasteiger partial charge in [-0.1, -0.05) is 18.6 Å². The van der Waals surface area contributed by atoms with Crippen molar-refractivity contribution in [2.45, 2.75) is 24.2 Å². The van der Waals surface area contributed by atoms with Gasteiger partial charge in [-0.2, -0.15) is 0 Å². The Balaban J connectivity index is 1.56. The summed E-state index contributed by atoms with van der Waals surface area (Å²) in [4.78, 5) is 6.59. The molecule has 0 N–H and O–H groups in total. The lowest BCUT2D eigenvalue weighted by Crippen LogP contribution is -2.37. The average Bonchev–Trinajstić information content (AvgIpc) is 2.81. The first-order valence-corrected chi connectivity index (χ1v) is 7.61. The maximum absolute atomic E-state index is 2.62. The normalized spacial score (nSPS) is 20.6. The van der Waals surface area contributed by atoms with E-state index in [0.717, 1.165) is 5.88 Å². The van der Waals surface area contributed by atoms with Crippen LogP contribution in [0.4, 0.5) is 5.69 Å². The van der Waals surface area contributed by atoms with E-state index >= 15 is 0 Å². The predicted octanol–water partition coefficient (Wildman–Crippen LogP) is 3.04. The third kappa shape index (κ3) is 2.61. The molecule has 0 aromatic heterocycles. The van der Waals surface area contributed by atoms with Crippen molar-refractivity contribution in [2.24, 2.45) is 0 Å². The van der Waals surface area contributed by atoms with E-state index in [1.807, 2.05) is 11.8 Å². The van der Waals surface area contributed by atoms with Crippen molar-refractivity contribution < 1.29 is 0 Å². The maximum atomic E-state index is 2.62. The second-order valence-corrected chi connectivity index (χ2v) is 5.89. The van der Waals surface area contributed by atoms with Crippen molar-refractivity contribution in [1.29, 1.82) is 0 Å². The van der Waals surface area contributed by atoms with Crippen LogP contribution in [0.25, 0.3) is 0 Å². The molecule has 92 valence electrons. The van der Waals surface area contributed by atoms with Crippen LogP contribution in [0.2, 0.25) is 0 Å². The zero-order valence-electron chi connectivity index (χ0n) is 10.3. The fourth-order valence-electron chi connectivity index (χ4n) is 2.69. The highest BCUT2D eigenvalue weighted by atomic mass is 32.2. The predicted molar refractivity (Wildman–Crippen MR) is 74.8 cm³/mol. The fraction of sp³-hybridized carbons (Fsp3) is 0.571. The summed E-state index contributed by atoms with van der Waals surface area (Å²) in [5.41, 5.74) is 1.44. The van der Waals surface area contributed by atoms with Crippen LogP contribution in [-0.4, -0.2) is 37.0 Å². The summed E-state index contributed by atoms with van der Waals surface area (Å²) < 4.78 is 0. The van der Waals surface area contributed by atoms with Crippen molar-refractivity contribution in [2.75, 3.05) is 37.0 Å². The molecule has 0 aliphatic carbocycles. The smallest absolute Gasteiger partial charge is 0.0687 e. The molecule has 1 aromatic carbocycles. The highest BCUT2D eigenvalue weighted by Crippen LogP contribution is 2.37. The van der Waals surface area contributed by atoms with Gasteiger partial charge in [0.15, 0.2) is 0 Å². The van der Waals surface area contributed by atoms with Crippen molar-refractivity contribution in [3.63, 3.8) is 0 Å². The first-order valence-electron chi connectivity index (χ1n) is 6.62. The number of piperidine rings is 1. The number of nitrogens with zero attached hydrogens (tertiary/aromatic N) is 2. The van der Waals surface area contributed by atoms with E-state index < -0.39 is 0 Å². The Morgan fingerprint density at radius 3 is 2.71 bits per heavy atom. The summed E-state index contributed by atoms with van der Waals surface area (Å²) in [7, 11) is 0. The van der Waals surface area contributed by atoms with E-state index in [2.05, 4.69) is 34.1 Å². The SMILES string of the molecule is c1ccc2c(c1)SCN2CCN1CCCCC1. The molecule has 0 unspecified atom stereocenters. The lowest BCUT2D eigenvalue weighted by molar-refractivity contribution is 0.234. The molecule has 0 spiro atoms. The molecule has 0 bridgehead atoms. The first kappa shape index (κ1) is 11.4. The Morgan fingerprint density at radius 2 is 1.82 bits per heavy atom. The molecule has 0 radical (unpaired) electrons. The molecular formula is C14H20N2S. The van der Waals surface area contributed by atoms with Crippen LogP contribution in [0, 0.1) is 0 Å². The molecule has 2 nitrogen and oxygen atoms in total. The first-order chi connectivity index (χ1) is 8.43. The number of rotatable bonds is 3. The van der Waals surface area contributed by atoms with Gasteiger partial charge in [0.25, 0.3) is 0 Å². The van der Waals surface area contributed by atoms with Crippen LogP contribution in [-0.2, 0) is 0 Å². The number of benzene rings is 1. The summed E-state index contributed by atoms with van der Waals surface area (Å²) in [6, 6.07) is 8.78. The molecule has 1 saturated heterocycles. The molecule has 3 rings (SSSR count). The summed E-state index contributed by atoms with van der Waals surface area (Å²) in [6.07, 6.45) is 4.22. The van der Waals surface area contributed by atoms with Gasteiger partial charge in [0, 0.05) is 18.0 Å². The van der Waals surface area contributed by atoms with Gasteiger partial charge in [-0.05, 0) is 38.1 Å². The Labute approximate surface area is 108 Å². The quantitative estimate of drug-likeness (QED) is 0.812. The highest BCUT2D eigenvalue weighted by Gasteiger charge is 2.19. The highest BCUT2D eigenvalue weighted by molar-refractivity contribution is 7.99. The monoisotopic (exact) mass is 248 g/mol. The van der Waals surface area contributed by atoms with Crippen molar-refractivity contribution >= 4 is 17.4 Å². The number of hydrogen-bond donors (Lipinski definition) is 0. The van der Waals surface area contributed by atoms with Crippen LogP contribution < -0.4 is 4.90 Å². The minimum absolute atomic E-state index is 1.13. The van der Waals surface area contributed by atoms with Crippen LogP contribution in [0.15, 0.2) is 29.2 Å². The Kier molecular flexibility index (Phi) is 3.57. The molecule has 1 fully saturated rings. The van der Waals surface area contributed by atoms with Gasteiger partial charge >= 0.3 is 0 Å². The summed E-state index contributed by atoms with van der Waals surface area (Å²) in [6.45, 7) is 5.03. The van der Waals surface area contributed by atoms with Crippen LogP contribution in [0.1, 0.15) is 19.3 Å². The van der Waals surface area contributed by atoms with E-state index in [1.54, 1.807) is 0 Å². The minimum Gasteiger partial charge on any atom is -0.360 e. The van der Waals surface area contributed by atoms with Gasteiger partial charge in [-0.15, -0.1) is 11.8 Å². The lowest BCUT2D eigenvalue weighted by atomic mass is 10.1. The third-order valence-electron chi connectivity index (χ3n) is 3.72. The second kappa shape index (κ2) is 5.32. The van der Waals surface area contributed by atoms with Crippen LogP contribution >= 0.6 is 11.8 Å². The van der Waals surface area contributed by atoms with E-state index in [1.165, 1.54) is 56.0 Å². The van der Waals surface area contributed by atoms with Gasteiger partial charge in [0.2, 0.25) is 0 Å². The van der Waals surface area contributed by atoms with E-state index in [4.69, 9.17) is 0 Å². The fourth-order valence-corrected chi connectivity index (χ4v) is 3.77. The maximum Gasteiger partial charge on any atom is 0.0687 e. The van der Waals surface area contributed by atoms with Gasteiger partial charge in [0.05, 0.1) is 11.6 Å². The topological polar surface area (TPSA) is 6.48 Å².